The van der Waals surface area contributed by atoms with Crippen LogP contribution < -0.4 is 5.32 Å². The highest BCUT2D eigenvalue weighted by Gasteiger charge is 2.18. The third kappa shape index (κ3) is 3.04. The van der Waals surface area contributed by atoms with Crippen LogP contribution >= 0.6 is 11.3 Å². The SMILES string of the molecule is CC(CO)Nc1nccc(-c2c(-c3ccc(F)cc3)nc3sccn23)n1. The van der Waals surface area contributed by atoms with Crippen molar-refractivity contribution < 1.29 is 9.50 Å². The largest absolute Gasteiger partial charge is 0.394 e. The highest BCUT2D eigenvalue weighted by Crippen LogP contribution is 2.33. The number of hydrogen-bond donors (Lipinski definition) is 2. The molecular weight excluding hydrogens is 353 g/mol. The first-order valence-electron chi connectivity index (χ1n) is 8.08. The Morgan fingerprint density at radius 1 is 1.23 bits per heavy atom. The maximum Gasteiger partial charge on any atom is 0.223 e. The normalized spacial score (nSPS) is 12.4. The Bertz CT molecular complexity index is 1040. The average molecular weight is 369 g/mol. The van der Waals surface area contributed by atoms with Crippen LogP contribution in [0.4, 0.5) is 10.3 Å². The van der Waals surface area contributed by atoms with Crippen LogP contribution in [0.5, 0.6) is 0 Å². The van der Waals surface area contributed by atoms with Crippen LogP contribution in [0.15, 0.2) is 48.1 Å². The molecule has 3 heterocycles. The highest BCUT2D eigenvalue weighted by molar-refractivity contribution is 7.15. The molecule has 6 nitrogen and oxygen atoms in total. The van der Waals surface area contributed by atoms with Crippen LogP contribution in [0, 0.1) is 5.82 Å². The molecule has 0 saturated carbocycles. The van der Waals surface area contributed by atoms with E-state index < -0.39 is 0 Å². The van der Waals surface area contributed by atoms with Crippen LogP contribution in [-0.4, -0.2) is 37.1 Å². The highest BCUT2D eigenvalue weighted by atomic mass is 32.1. The average Bonchev–Trinajstić information content (AvgIpc) is 3.23. The van der Waals surface area contributed by atoms with Crippen LogP contribution in [0.25, 0.3) is 27.6 Å². The second-order valence-corrected chi connectivity index (χ2v) is 6.74. The van der Waals surface area contributed by atoms with E-state index in [4.69, 9.17) is 4.98 Å². The quantitative estimate of drug-likeness (QED) is 0.564. The zero-order chi connectivity index (χ0) is 18.1. The zero-order valence-electron chi connectivity index (χ0n) is 13.9. The summed E-state index contributed by atoms with van der Waals surface area (Å²) >= 11 is 1.52. The van der Waals surface area contributed by atoms with Gasteiger partial charge in [0.05, 0.1) is 18.0 Å². The molecule has 0 amide bonds. The fourth-order valence-electron chi connectivity index (χ4n) is 2.67. The lowest BCUT2D eigenvalue weighted by Crippen LogP contribution is -2.20. The minimum atomic E-state index is -0.289. The van der Waals surface area contributed by atoms with Crippen LogP contribution in [0.1, 0.15) is 6.92 Å². The van der Waals surface area contributed by atoms with E-state index >= 15 is 0 Å². The Morgan fingerprint density at radius 2 is 2.04 bits per heavy atom. The Labute approximate surface area is 153 Å². The summed E-state index contributed by atoms with van der Waals surface area (Å²) in [6, 6.07) is 7.90. The molecule has 0 radical (unpaired) electrons. The molecule has 1 atom stereocenters. The molecule has 4 rings (SSSR count). The van der Waals surface area contributed by atoms with E-state index in [1.54, 1.807) is 18.3 Å². The number of hydrogen-bond acceptors (Lipinski definition) is 6. The summed E-state index contributed by atoms with van der Waals surface area (Å²) in [5, 5.41) is 14.2. The number of rotatable bonds is 5. The lowest BCUT2D eigenvalue weighted by molar-refractivity contribution is 0.281. The zero-order valence-corrected chi connectivity index (χ0v) is 14.7. The van der Waals surface area contributed by atoms with Gasteiger partial charge >= 0.3 is 0 Å². The summed E-state index contributed by atoms with van der Waals surface area (Å²) in [5.41, 5.74) is 3.05. The van der Waals surface area contributed by atoms with Crippen LogP contribution in [-0.2, 0) is 0 Å². The van der Waals surface area contributed by atoms with E-state index in [2.05, 4.69) is 15.3 Å². The van der Waals surface area contributed by atoms with Gasteiger partial charge in [-0.1, -0.05) is 0 Å². The lowest BCUT2D eigenvalue weighted by atomic mass is 10.1. The fraction of sp³-hybridized carbons (Fsp3) is 0.167. The van der Waals surface area contributed by atoms with E-state index in [9.17, 15) is 9.50 Å². The van der Waals surface area contributed by atoms with Crippen molar-refractivity contribution in [3.63, 3.8) is 0 Å². The standard InChI is InChI=1S/C18H16FN5OS/c1-11(10-25)21-17-20-7-6-14(22-17)16-15(12-2-4-13(19)5-3-12)23-18-24(16)8-9-26-18/h2-9,11,25H,10H2,1H3,(H,20,21,22). The van der Waals surface area contributed by atoms with Gasteiger partial charge in [0, 0.05) is 29.4 Å². The molecule has 1 aromatic carbocycles. The van der Waals surface area contributed by atoms with E-state index in [0.717, 1.165) is 21.9 Å². The molecule has 0 bridgehead atoms. The molecule has 132 valence electrons. The Hall–Kier alpha value is -2.84. The molecule has 0 aliphatic rings. The van der Waals surface area contributed by atoms with Gasteiger partial charge in [-0.05, 0) is 37.3 Å². The molecule has 0 saturated heterocycles. The number of thiazole rings is 1. The molecule has 0 fully saturated rings. The smallest absolute Gasteiger partial charge is 0.223 e. The summed E-state index contributed by atoms with van der Waals surface area (Å²) in [7, 11) is 0. The Balaban J connectivity index is 1.85. The molecule has 3 aromatic heterocycles. The van der Waals surface area contributed by atoms with Crippen LogP contribution in [0.3, 0.4) is 0 Å². The van der Waals surface area contributed by atoms with Crippen molar-refractivity contribution >= 4 is 22.2 Å². The molecule has 1 unspecified atom stereocenters. The number of imidazole rings is 1. The first-order valence-corrected chi connectivity index (χ1v) is 8.96. The Morgan fingerprint density at radius 3 is 2.81 bits per heavy atom. The third-order valence-corrected chi connectivity index (χ3v) is 4.68. The van der Waals surface area contributed by atoms with E-state index in [0.29, 0.717) is 11.6 Å². The predicted octanol–water partition coefficient (Wildman–Crippen LogP) is 3.45. The summed E-state index contributed by atoms with van der Waals surface area (Å²) in [6.07, 6.45) is 3.59. The van der Waals surface area contributed by atoms with Gasteiger partial charge in [0.15, 0.2) is 4.96 Å². The second kappa shape index (κ2) is 6.81. The van der Waals surface area contributed by atoms with Gasteiger partial charge in [-0.25, -0.2) is 19.3 Å². The minimum absolute atomic E-state index is 0.0180. The molecular formula is C18H16FN5OS. The topological polar surface area (TPSA) is 75.3 Å². The molecule has 8 heteroatoms. The number of nitrogens with zero attached hydrogens (tertiary/aromatic N) is 4. The maximum atomic E-state index is 13.3. The van der Waals surface area contributed by atoms with E-state index in [1.165, 1.54) is 23.5 Å². The molecule has 0 aliphatic heterocycles. The molecule has 2 N–H and O–H groups in total. The van der Waals surface area contributed by atoms with Crippen molar-refractivity contribution in [3.8, 4) is 22.6 Å². The molecule has 0 spiro atoms. The van der Waals surface area contributed by atoms with Crippen molar-refractivity contribution in [1.82, 2.24) is 19.4 Å². The summed E-state index contributed by atoms with van der Waals surface area (Å²) in [6.45, 7) is 1.83. The lowest BCUT2D eigenvalue weighted by Gasteiger charge is -2.11. The fourth-order valence-corrected chi connectivity index (χ4v) is 3.38. The van der Waals surface area contributed by atoms with Gasteiger partial charge < -0.3 is 10.4 Å². The van der Waals surface area contributed by atoms with Gasteiger partial charge in [-0.3, -0.25) is 4.40 Å². The van der Waals surface area contributed by atoms with E-state index in [1.807, 2.05) is 29.0 Å². The number of aliphatic hydroxyl groups is 1. The second-order valence-electron chi connectivity index (χ2n) is 5.86. The van der Waals surface area contributed by atoms with Gasteiger partial charge in [0.2, 0.25) is 5.95 Å². The van der Waals surface area contributed by atoms with E-state index in [-0.39, 0.29) is 18.5 Å². The van der Waals surface area contributed by atoms with Crippen molar-refractivity contribution in [2.24, 2.45) is 0 Å². The van der Waals surface area contributed by atoms with Crippen LogP contribution in [0.2, 0.25) is 0 Å². The molecule has 0 aliphatic carbocycles. The third-order valence-electron chi connectivity index (χ3n) is 3.93. The molecule has 4 aromatic rings. The summed E-state index contributed by atoms with van der Waals surface area (Å²) < 4.78 is 15.3. The first-order chi connectivity index (χ1) is 12.7. The summed E-state index contributed by atoms with van der Waals surface area (Å²) in [5.74, 6) is 0.141. The van der Waals surface area contributed by atoms with Crippen molar-refractivity contribution in [1.29, 1.82) is 0 Å². The predicted molar refractivity (Wildman–Crippen MR) is 99.7 cm³/mol. The number of benzene rings is 1. The van der Waals surface area contributed by atoms with Gasteiger partial charge in [0.1, 0.15) is 11.5 Å². The monoisotopic (exact) mass is 369 g/mol. The number of aliphatic hydroxyl groups excluding tert-OH is 1. The van der Waals surface area contributed by atoms with Crippen molar-refractivity contribution in [2.75, 3.05) is 11.9 Å². The maximum absolute atomic E-state index is 13.3. The Kier molecular flexibility index (Phi) is 4.36. The first kappa shape index (κ1) is 16.6. The number of fused-ring (bicyclic) bond motifs is 1. The van der Waals surface area contributed by atoms with Gasteiger partial charge in [0.25, 0.3) is 0 Å². The molecule has 26 heavy (non-hydrogen) atoms. The number of anilines is 1. The summed E-state index contributed by atoms with van der Waals surface area (Å²) in [4.78, 5) is 14.3. The van der Waals surface area contributed by atoms with Crippen molar-refractivity contribution in [2.45, 2.75) is 13.0 Å². The number of halogens is 1. The minimum Gasteiger partial charge on any atom is -0.394 e. The van der Waals surface area contributed by atoms with Gasteiger partial charge in [-0.2, -0.15) is 0 Å². The van der Waals surface area contributed by atoms with Crippen molar-refractivity contribution in [3.05, 3.63) is 53.9 Å². The number of aromatic nitrogens is 4. The van der Waals surface area contributed by atoms with Gasteiger partial charge in [-0.15, -0.1) is 11.3 Å². The number of nitrogens with one attached hydrogen (secondary N) is 1.